The Morgan fingerprint density at radius 1 is 1.15 bits per heavy atom. The molecule has 0 heterocycles. The van der Waals surface area contributed by atoms with Crippen LogP contribution in [-0.4, -0.2) is 23.9 Å². The van der Waals surface area contributed by atoms with Crippen LogP contribution in [0.1, 0.15) is 19.3 Å². The van der Waals surface area contributed by atoms with Crippen molar-refractivity contribution in [2.24, 2.45) is 5.73 Å². The van der Waals surface area contributed by atoms with Crippen LogP contribution in [0.15, 0.2) is 0 Å². The molecule has 4 heteroatoms. The third kappa shape index (κ3) is 8.68. The summed E-state index contributed by atoms with van der Waals surface area (Å²) in [5.41, 5.74) is 5.45. The average molecular weight is 219 g/mol. The molecule has 0 unspecified atom stereocenters. The number of hydrogen-bond acceptors (Lipinski definition) is 2. The smallest absolute Gasteiger partial charge is 0.173 e. The van der Waals surface area contributed by atoms with Gasteiger partial charge >= 0.3 is 0 Å². The second kappa shape index (κ2) is 6.76. The lowest BCUT2D eigenvalue weighted by molar-refractivity contribution is 0.561. The van der Waals surface area contributed by atoms with E-state index >= 15 is 0 Å². The van der Waals surface area contributed by atoms with Crippen molar-refractivity contribution in [3.63, 3.8) is 0 Å². The van der Waals surface area contributed by atoms with Gasteiger partial charge in [-0.15, -0.1) is 0 Å². The Labute approximate surface area is 85.7 Å². The molecule has 0 aromatic heterocycles. The number of unbranched alkanes of at least 4 members (excludes halogenated alkanes) is 2. The van der Waals surface area contributed by atoms with Gasteiger partial charge in [0.2, 0.25) is 0 Å². The van der Waals surface area contributed by atoms with Crippen molar-refractivity contribution in [2.75, 3.05) is 6.54 Å². The van der Waals surface area contributed by atoms with E-state index in [1.165, 1.54) is 25.3 Å². The summed E-state index contributed by atoms with van der Waals surface area (Å²) >= 11 is 0. The van der Waals surface area contributed by atoms with E-state index in [0.29, 0.717) is 0 Å². The summed E-state index contributed by atoms with van der Waals surface area (Å²) in [6.07, 6.45) is 3.75. The standard InChI is InChI=1S/C9H25NOSi2/c1-12(2)11-13(3,4)9-7-5-6-8-10/h12H,5-10H2,1-4H3. The van der Waals surface area contributed by atoms with Crippen molar-refractivity contribution in [2.45, 2.75) is 51.5 Å². The highest BCUT2D eigenvalue weighted by Gasteiger charge is 2.22. The van der Waals surface area contributed by atoms with Crippen LogP contribution in [0.4, 0.5) is 0 Å². The lowest BCUT2D eigenvalue weighted by Gasteiger charge is -2.25. The monoisotopic (exact) mass is 219 g/mol. The van der Waals surface area contributed by atoms with Gasteiger partial charge in [0.1, 0.15) is 0 Å². The van der Waals surface area contributed by atoms with Crippen molar-refractivity contribution in [1.82, 2.24) is 0 Å². The molecule has 2 N–H and O–H groups in total. The lowest BCUT2D eigenvalue weighted by Crippen LogP contribution is -2.34. The Balaban J connectivity index is 3.50. The molecular weight excluding hydrogens is 194 g/mol. The molecule has 0 aliphatic carbocycles. The Hall–Kier alpha value is 0.354. The predicted octanol–water partition coefficient (Wildman–Crippen LogP) is 2.32. The fourth-order valence-electron chi connectivity index (χ4n) is 1.57. The first-order valence-corrected chi connectivity index (χ1v) is 11.3. The van der Waals surface area contributed by atoms with E-state index in [0.717, 1.165) is 6.54 Å². The van der Waals surface area contributed by atoms with Gasteiger partial charge in [0, 0.05) is 0 Å². The van der Waals surface area contributed by atoms with Crippen LogP contribution in [0.2, 0.25) is 32.2 Å². The van der Waals surface area contributed by atoms with Gasteiger partial charge in [-0.1, -0.05) is 12.8 Å². The molecule has 13 heavy (non-hydrogen) atoms. The molecule has 0 saturated carbocycles. The first kappa shape index (κ1) is 13.4. The Bertz CT molecular complexity index is 129. The Morgan fingerprint density at radius 2 is 1.77 bits per heavy atom. The maximum atomic E-state index is 6.06. The largest absolute Gasteiger partial charge is 0.458 e. The second-order valence-electron chi connectivity index (χ2n) is 4.53. The van der Waals surface area contributed by atoms with Crippen LogP contribution in [0, 0.1) is 0 Å². The lowest BCUT2D eigenvalue weighted by atomic mass is 10.2. The summed E-state index contributed by atoms with van der Waals surface area (Å²) in [4.78, 5) is 0. The van der Waals surface area contributed by atoms with Gasteiger partial charge in [-0.2, -0.15) is 0 Å². The van der Waals surface area contributed by atoms with Crippen LogP contribution < -0.4 is 5.73 Å². The molecule has 0 aromatic carbocycles. The summed E-state index contributed by atoms with van der Waals surface area (Å²) < 4.78 is 6.06. The highest BCUT2D eigenvalue weighted by Crippen LogP contribution is 2.16. The summed E-state index contributed by atoms with van der Waals surface area (Å²) in [7, 11) is -2.11. The zero-order valence-corrected chi connectivity index (χ0v) is 11.8. The van der Waals surface area contributed by atoms with Crippen LogP contribution in [0.3, 0.4) is 0 Å². The van der Waals surface area contributed by atoms with Gasteiger partial charge in [0.15, 0.2) is 17.4 Å². The molecule has 0 aromatic rings. The molecule has 0 spiro atoms. The van der Waals surface area contributed by atoms with Crippen molar-refractivity contribution < 1.29 is 4.12 Å². The zero-order valence-electron chi connectivity index (χ0n) is 9.60. The van der Waals surface area contributed by atoms with E-state index in [4.69, 9.17) is 9.85 Å². The molecule has 0 aliphatic rings. The molecule has 80 valence electrons. The van der Waals surface area contributed by atoms with E-state index in [1.54, 1.807) is 0 Å². The summed E-state index contributed by atoms with van der Waals surface area (Å²) in [6.45, 7) is 10.0. The van der Waals surface area contributed by atoms with E-state index in [-0.39, 0.29) is 0 Å². The van der Waals surface area contributed by atoms with Crippen molar-refractivity contribution >= 4 is 17.4 Å². The minimum Gasteiger partial charge on any atom is -0.458 e. The maximum Gasteiger partial charge on any atom is 0.173 e. The highest BCUT2D eigenvalue weighted by atomic mass is 28.4. The summed E-state index contributed by atoms with van der Waals surface area (Å²) in [6, 6.07) is 1.30. The number of nitrogens with two attached hydrogens (primary N) is 1. The molecule has 0 aliphatic heterocycles. The zero-order chi connectivity index (χ0) is 10.3. The van der Waals surface area contributed by atoms with Crippen molar-refractivity contribution in [3.05, 3.63) is 0 Å². The van der Waals surface area contributed by atoms with Gasteiger partial charge in [-0.3, -0.25) is 0 Å². The minimum atomic E-state index is -1.30. The highest BCUT2D eigenvalue weighted by molar-refractivity contribution is 6.77. The predicted molar refractivity (Wildman–Crippen MR) is 65.2 cm³/mol. The molecule has 0 saturated heterocycles. The first-order valence-electron chi connectivity index (χ1n) is 5.36. The van der Waals surface area contributed by atoms with Gasteiger partial charge in [-0.25, -0.2) is 0 Å². The molecule has 0 bridgehead atoms. The molecule has 0 atom stereocenters. The van der Waals surface area contributed by atoms with E-state index in [9.17, 15) is 0 Å². The van der Waals surface area contributed by atoms with E-state index in [1.807, 2.05) is 0 Å². The fraction of sp³-hybridized carbons (Fsp3) is 1.00. The second-order valence-corrected chi connectivity index (χ2v) is 11.6. The van der Waals surface area contributed by atoms with Crippen LogP contribution >= 0.6 is 0 Å². The van der Waals surface area contributed by atoms with Gasteiger partial charge in [0.05, 0.1) is 0 Å². The first-order chi connectivity index (χ1) is 5.98. The van der Waals surface area contributed by atoms with Crippen LogP contribution in [-0.2, 0) is 4.12 Å². The van der Waals surface area contributed by atoms with Crippen molar-refractivity contribution in [1.29, 1.82) is 0 Å². The van der Waals surface area contributed by atoms with Gasteiger partial charge in [-0.05, 0) is 45.2 Å². The quantitative estimate of drug-likeness (QED) is 0.527. The van der Waals surface area contributed by atoms with Crippen LogP contribution in [0.5, 0.6) is 0 Å². The Kier molecular flexibility index (Phi) is 6.94. The third-order valence-corrected chi connectivity index (χ3v) is 8.03. The average Bonchev–Trinajstić information content (AvgIpc) is 1.95. The summed E-state index contributed by atoms with van der Waals surface area (Å²) in [5, 5.41) is 0. The fourth-order valence-corrected chi connectivity index (χ4v) is 8.25. The molecule has 0 rings (SSSR count). The molecular formula is C9H25NOSi2. The van der Waals surface area contributed by atoms with Crippen molar-refractivity contribution in [3.8, 4) is 0 Å². The number of hydrogen-bond donors (Lipinski definition) is 1. The van der Waals surface area contributed by atoms with Gasteiger partial charge < -0.3 is 9.85 Å². The Morgan fingerprint density at radius 3 is 2.23 bits per heavy atom. The van der Waals surface area contributed by atoms with Crippen LogP contribution in [0.25, 0.3) is 0 Å². The van der Waals surface area contributed by atoms with E-state index in [2.05, 4.69) is 26.2 Å². The molecule has 0 fully saturated rings. The topological polar surface area (TPSA) is 35.2 Å². The summed E-state index contributed by atoms with van der Waals surface area (Å²) in [5.74, 6) is 0. The maximum absolute atomic E-state index is 6.06. The van der Waals surface area contributed by atoms with Gasteiger partial charge in [0.25, 0.3) is 0 Å². The normalized spacial score (nSPS) is 12.5. The number of rotatable bonds is 7. The minimum absolute atomic E-state index is 0.817. The molecule has 2 nitrogen and oxygen atoms in total. The molecule has 0 amide bonds. The molecule has 0 radical (unpaired) electrons. The van der Waals surface area contributed by atoms with E-state index < -0.39 is 17.4 Å². The third-order valence-electron chi connectivity index (χ3n) is 2.04. The SMILES string of the molecule is C[SiH](C)O[Si](C)(C)CCCCCN.